The number of ether oxygens (including phenoxy) is 1. The van der Waals surface area contributed by atoms with Gasteiger partial charge in [-0.05, 0) is 47.4 Å². The lowest BCUT2D eigenvalue weighted by molar-refractivity contribution is 0.306. The molecule has 166 valence electrons. The average molecular weight is 447 g/mol. The molecule has 0 bridgehead atoms. The largest absolute Gasteiger partial charge is 0.489 e. The van der Waals surface area contributed by atoms with Gasteiger partial charge in [-0.1, -0.05) is 56.3 Å². The number of hydrogen-bond donors (Lipinski definition) is 3. The molecule has 0 fully saturated rings. The number of nitrogens with zero attached hydrogens (tertiary/aromatic N) is 1. The third-order valence-electron chi connectivity index (χ3n) is 5.10. The van der Waals surface area contributed by atoms with Gasteiger partial charge < -0.3 is 21.1 Å². The highest BCUT2D eigenvalue weighted by Gasteiger charge is 2.26. The van der Waals surface area contributed by atoms with Crippen molar-refractivity contribution in [3.8, 4) is 16.2 Å². The van der Waals surface area contributed by atoms with Crippen LogP contribution in [0.2, 0.25) is 0 Å². The number of nitrogens with two attached hydrogens (primary N) is 1. The van der Waals surface area contributed by atoms with Gasteiger partial charge in [-0.3, -0.25) is 0 Å². The van der Waals surface area contributed by atoms with Gasteiger partial charge in [0.2, 0.25) is 0 Å². The molecule has 5 nitrogen and oxygen atoms in total. The van der Waals surface area contributed by atoms with Crippen LogP contribution in [0.5, 0.6) is 5.75 Å². The molecule has 2 aromatic carbocycles. The first kappa shape index (κ1) is 22.1. The zero-order valence-electron chi connectivity index (χ0n) is 18.5. The maximum Gasteiger partial charge on any atom is 0.197 e. The summed E-state index contributed by atoms with van der Waals surface area (Å²) in [5.74, 6) is 2.12. The van der Waals surface area contributed by atoms with E-state index in [2.05, 4.69) is 65.9 Å². The molecule has 1 aromatic heterocycles. The predicted octanol–water partition coefficient (Wildman–Crippen LogP) is 4.91. The zero-order valence-corrected chi connectivity index (χ0v) is 19.4. The van der Waals surface area contributed by atoms with E-state index in [-0.39, 0.29) is 0 Å². The van der Waals surface area contributed by atoms with Crippen molar-refractivity contribution >= 4 is 17.3 Å². The van der Waals surface area contributed by atoms with Crippen molar-refractivity contribution in [2.45, 2.75) is 32.5 Å². The SMILES string of the molecule is CC(C)CNC1=NC=CC(N)(Cc2ccc(-c3cccc(OCc4ccccc4)c3)s2)N1. The minimum absolute atomic E-state index is 0.532. The fourth-order valence-corrected chi connectivity index (χ4v) is 4.54. The van der Waals surface area contributed by atoms with E-state index in [4.69, 9.17) is 10.5 Å². The third-order valence-corrected chi connectivity index (χ3v) is 6.23. The quantitative estimate of drug-likeness (QED) is 0.460. The Bertz CT molecular complexity index is 1090. The molecule has 6 heteroatoms. The maximum atomic E-state index is 6.62. The summed E-state index contributed by atoms with van der Waals surface area (Å²) in [6.45, 7) is 5.73. The molecule has 1 aliphatic rings. The van der Waals surface area contributed by atoms with E-state index in [0.29, 0.717) is 18.9 Å². The Labute approximate surface area is 194 Å². The van der Waals surface area contributed by atoms with Gasteiger partial charge in [-0.2, -0.15) is 0 Å². The fraction of sp³-hybridized carbons (Fsp3) is 0.269. The second-order valence-electron chi connectivity index (χ2n) is 8.48. The summed E-state index contributed by atoms with van der Waals surface area (Å²) in [7, 11) is 0. The first-order chi connectivity index (χ1) is 15.5. The molecule has 0 radical (unpaired) electrons. The monoisotopic (exact) mass is 446 g/mol. The van der Waals surface area contributed by atoms with Crippen molar-refractivity contribution in [1.29, 1.82) is 0 Å². The van der Waals surface area contributed by atoms with Crippen molar-refractivity contribution in [1.82, 2.24) is 10.6 Å². The number of nitrogens with one attached hydrogen (secondary N) is 2. The van der Waals surface area contributed by atoms with Crippen molar-refractivity contribution in [2.24, 2.45) is 16.6 Å². The molecule has 0 amide bonds. The van der Waals surface area contributed by atoms with E-state index >= 15 is 0 Å². The lowest BCUT2D eigenvalue weighted by Gasteiger charge is -2.31. The number of benzene rings is 2. The van der Waals surface area contributed by atoms with Crippen LogP contribution in [0.3, 0.4) is 0 Å². The van der Waals surface area contributed by atoms with E-state index in [9.17, 15) is 0 Å². The first-order valence-corrected chi connectivity index (χ1v) is 11.7. The van der Waals surface area contributed by atoms with E-state index in [1.165, 1.54) is 9.75 Å². The van der Waals surface area contributed by atoms with Crippen LogP contribution in [-0.4, -0.2) is 18.2 Å². The van der Waals surface area contributed by atoms with E-state index in [1.807, 2.05) is 36.4 Å². The Kier molecular flexibility index (Phi) is 6.93. The smallest absolute Gasteiger partial charge is 0.197 e. The molecule has 1 unspecified atom stereocenters. The molecule has 32 heavy (non-hydrogen) atoms. The van der Waals surface area contributed by atoms with Crippen molar-refractivity contribution in [3.63, 3.8) is 0 Å². The Morgan fingerprint density at radius 3 is 2.75 bits per heavy atom. The van der Waals surface area contributed by atoms with Crippen LogP contribution in [0.25, 0.3) is 10.4 Å². The average Bonchev–Trinajstić information content (AvgIpc) is 3.25. The molecule has 0 saturated carbocycles. The topological polar surface area (TPSA) is 71.7 Å². The highest BCUT2D eigenvalue weighted by molar-refractivity contribution is 7.15. The van der Waals surface area contributed by atoms with E-state index in [1.54, 1.807) is 17.5 Å². The lowest BCUT2D eigenvalue weighted by Crippen LogP contribution is -2.60. The third kappa shape index (κ3) is 5.99. The van der Waals surface area contributed by atoms with Crippen LogP contribution in [0.15, 0.2) is 84.0 Å². The van der Waals surface area contributed by atoms with Crippen molar-refractivity contribution < 1.29 is 4.74 Å². The summed E-state index contributed by atoms with van der Waals surface area (Å²) in [5.41, 5.74) is 8.26. The Morgan fingerprint density at radius 1 is 1.09 bits per heavy atom. The lowest BCUT2D eigenvalue weighted by atomic mass is 10.1. The molecule has 3 aromatic rings. The van der Waals surface area contributed by atoms with Gasteiger partial charge >= 0.3 is 0 Å². The second-order valence-corrected chi connectivity index (χ2v) is 9.65. The minimum atomic E-state index is -0.663. The second kappa shape index (κ2) is 10.0. The molecule has 0 saturated heterocycles. The van der Waals surface area contributed by atoms with Gasteiger partial charge in [0.15, 0.2) is 5.96 Å². The molecule has 4 N–H and O–H groups in total. The maximum absolute atomic E-state index is 6.62. The van der Waals surface area contributed by atoms with E-state index < -0.39 is 5.66 Å². The minimum Gasteiger partial charge on any atom is -0.489 e. The predicted molar refractivity (Wildman–Crippen MR) is 134 cm³/mol. The summed E-state index contributed by atoms with van der Waals surface area (Å²) in [6, 6.07) is 22.7. The fourth-order valence-electron chi connectivity index (χ4n) is 3.43. The van der Waals surface area contributed by atoms with Crippen LogP contribution in [-0.2, 0) is 13.0 Å². The number of rotatable bonds is 8. The van der Waals surface area contributed by atoms with Gasteiger partial charge in [-0.15, -0.1) is 11.3 Å². The summed E-state index contributed by atoms with van der Waals surface area (Å²) in [6.07, 6.45) is 4.38. The van der Waals surface area contributed by atoms with Crippen LogP contribution in [0, 0.1) is 5.92 Å². The van der Waals surface area contributed by atoms with Crippen LogP contribution >= 0.6 is 11.3 Å². The molecular formula is C26H30N4OS. The molecule has 4 rings (SSSR count). The highest BCUT2D eigenvalue weighted by Crippen LogP contribution is 2.32. The number of thiophene rings is 1. The standard InChI is InChI=1S/C26H30N4OS/c1-19(2)17-29-25-28-14-13-26(27,30-25)16-23-11-12-24(32-23)21-9-6-10-22(15-21)31-18-20-7-4-3-5-8-20/h3-15,19H,16-18,27H2,1-2H3,(H2,28,29,30). The Morgan fingerprint density at radius 2 is 1.94 bits per heavy atom. The summed E-state index contributed by atoms with van der Waals surface area (Å²) >= 11 is 1.75. The molecule has 2 heterocycles. The molecule has 1 atom stereocenters. The molecule has 1 aliphatic heterocycles. The van der Waals surface area contributed by atoms with Gasteiger partial charge in [0.25, 0.3) is 0 Å². The Balaban J connectivity index is 1.39. The summed E-state index contributed by atoms with van der Waals surface area (Å²) < 4.78 is 6.00. The van der Waals surface area contributed by atoms with Crippen LogP contribution in [0.4, 0.5) is 0 Å². The van der Waals surface area contributed by atoms with Gasteiger partial charge in [0.05, 0.1) is 0 Å². The normalized spacial score (nSPS) is 17.7. The van der Waals surface area contributed by atoms with Gasteiger partial charge in [-0.25, -0.2) is 4.99 Å². The van der Waals surface area contributed by atoms with Gasteiger partial charge in [0.1, 0.15) is 18.0 Å². The number of aliphatic imine (C=N–C) groups is 1. The Hall–Kier alpha value is -3.09. The molecular weight excluding hydrogens is 416 g/mol. The highest BCUT2D eigenvalue weighted by atomic mass is 32.1. The van der Waals surface area contributed by atoms with Gasteiger partial charge in [0, 0.05) is 28.9 Å². The van der Waals surface area contributed by atoms with E-state index in [0.717, 1.165) is 29.4 Å². The summed E-state index contributed by atoms with van der Waals surface area (Å²) in [4.78, 5) is 6.77. The van der Waals surface area contributed by atoms with Crippen molar-refractivity contribution in [3.05, 3.63) is 89.4 Å². The van der Waals surface area contributed by atoms with Crippen molar-refractivity contribution in [2.75, 3.05) is 6.54 Å². The molecule has 0 spiro atoms. The zero-order chi connectivity index (χ0) is 22.4. The van der Waals surface area contributed by atoms with Crippen LogP contribution in [0.1, 0.15) is 24.3 Å². The summed E-state index contributed by atoms with van der Waals surface area (Å²) in [5, 5.41) is 6.66. The number of hydrogen-bond acceptors (Lipinski definition) is 6. The van der Waals surface area contributed by atoms with Crippen LogP contribution < -0.4 is 21.1 Å². The molecule has 0 aliphatic carbocycles. The number of guanidine groups is 1. The first-order valence-electron chi connectivity index (χ1n) is 10.9.